The second-order valence-corrected chi connectivity index (χ2v) is 14.1. The summed E-state index contributed by atoms with van der Waals surface area (Å²) in [5.74, 6) is 0. The third-order valence-corrected chi connectivity index (χ3v) is 10.9. The monoisotopic (exact) mass is 703 g/mol. The maximum atomic E-state index is 6.58. The standard InChI is InChI=1S/C52H33NO2/c1-2-12-35(13-3-1)41-17-6-8-21-47(41)53(39-28-24-34(25-29-39)37-27-30-45-44-19-7-9-22-48(44)54-50(45)33-37)40-16-10-15-38(32-40)42-20-11-23-49-51(42)46-31-26-36-14-4-5-18-43(36)52(46)55-49/h1-33H. The molecular weight excluding hydrogens is 671 g/mol. The Morgan fingerprint density at radius 2 is 1.00 bits per heavy atom. The Morgan fingerprint density at radius 1 is 0.327 bits per heavy atom. The zero-order valence-corrected chi connectivity index (χ0v) is 29.8. The van der Waals surface area contributed by atoms with Gasteiger partial charge in [0.2, 0.25) is 0 Å². The van der Waals surface area contributed by atoms with Gasteiger partial charge in [0.05, 0.1) is 5.69 Å². The molecule has 2 aromatic heterocycles. The van der Waals surface area contributed by atoms with Gasteiger partial charge in [-0.3, -0.25) is 0 Å². The Morgan fingerprint density at radius 3 is 1.91 bits per heavy atom. The lowest BCUT2D eigenvalue weighted by Crippen LogP contribution is -2.11. The van der Waals surface area contributed by atoms with Crippen molar-refractivity contribution in [3.63, 3.8) is 0 Å². The molecule has 9 aromatic carbocycles. The highest BCUT2D eigenvalue weighted by atomic mass is 16.3. The number of furan rings is 2. The highest BCUT2D eigenvalue weighted by Gasteiger charge is 2.20. The van der Waals surface area contributed by atoms with Crippen molar-refractivity contribution < 1.29 is 8.83 Å². The van der Waals surface area contributed by atoms with E-state index in [1.807, 2.05) is 12.1 Å². The van der Waals surface area contributed by atoms with Gasteiger partial charge >= 0.3 is 0 Å². The van der Waals surface area contributed by atoms with E-state index in [2.05, 4.69) is 193 Å². The van der Waals surface area contributed by atoms with E-state index >= 15 is 0 Å². The number of fused-ring (bicyclic) bond motifs is 8. The van der Waals surface area contributed by atoms with E-state index in [0.29, 0.717) is 0 Å². The van der Waals surface area contributed by atoms with Crippen molar-refractivity contribution in [3.05, 3.63) is 200 Å². The zero-order valence-electron chi connectivity index (χ0n) is 29.8. The van der Waals surface area contributed by atoms with Crippen molar-refractivity contribution in [2.75, 3.05) is 4.90 Å². The molecule has 0 bridgehead atoms. The van der Waals surface area contributed by atoms with Crippen LogP contribution in [0.2, 0.25) is 0 Å². The minimum atomic E-state index is 0.886. The summed E-state index contributed by atoms with van der Waals surface area (Å²) in [7, 11) is 0. The van der Waals surface area contributed by atoms with Gasteiger partial charge in [0.15, 0.2) is 0 Å². The number of hydrogen-bond acceptors (Lipinski definition) is 3. The summed E-state index contributed by atoms with van der Waals surface area (Å²) in [6.07, 6.45) is 0. The second kappa shape index (κ2) is 12.6. The summed E-state index contributed by atoms with van der Waals surface area (Å²) in [6, 6.07) is 71.0. The van der Waals surface area contributed by atoms with Crippen LogP contribution >= 0.6 is 0 Å². The van der Waals surface area contributed by atoms with Crippen molar-refractivity contribution >= 4 is 71.7 Å². The fourth-order valence-corrected chi connectivity index (χ4v) is 8.27. The van der Waals surface area contributed by atoms with Crippen LogP contribution in [0.25, 0.3) is 88.0 Å². The first-order valence-electron chi connectivity index (χ1n) is 18.7. The quantitative estimate of drug-likeness (QED) is 0.173. The maximum Gasteiger partial charge on any atom is 0.143 e. The number of benzene rings is 9. The molecule has 0 aliphatic rings. The first-order chi connectivity index (χ1) is 27.3. The molecule has 55 heavy (non-hydrogen) atoms. The third kappa shape index (κ3) is 5.20. The zero-order chi connectivity index (χ0) is 36.3. The van der Waals surface area contributed by atoms with Crippen LogP contribution in [0.5, 0.6) is 0 Å². The van der Waals surface area contributed by atoms with Crippen LogP contribution in [0.15, 0.2) is 209 Å². The molecule has 11 aromatic rings. The van der Waals surface area contributed by atoms with Crippen LogP contribution in [0.1, 0.15) is 0 Å². The van der Waals surface area contributed by atoms with E-state index in [4.69, 9.17) is 8.83 Å². The Kier molecular flexibility index (Phi) is 7.17. The summed E-state index contributed by atoms with van der Waals surface area (Å²) < 4.78 is 12.8. The Bertz CT molecular complexity index is 3210. The van der Waals surface area contributed by atoms with Crippen molar-refractivity contribution in [2.45, 2.75) is 0 Å². The van der Waals surface area contributed by atoms with Crippen molar-refractivity contribution in [3.8, 4) is 33.4 Å². The van der Waals surface area contributed by atoms with Crippen LogP contribution in [-0.2, 0) is 0 Å². The van der Waals surface area contributed by atoms with Gasteiger partial charge in [-0.2, -0.15) is 0 Å². The molecule has 0 aliphatic carbocycles. The summed E-state index contributed by atoms with van der Waals surface area (Å²) in [4.78, 5) is 2.37. The second-order valence-electron chi connectivity index (χ2n) is 14.1. The highest BCUT2D eigenvalue weighted by molar-refractivity contribution is 6.19. The molecule has 0 amide bonds. The predicted octanol–water partition coefficient (Wildman–Crippen LogP) is 15.1. The average molecular weight is 704 g/mol. The lowest BCUT2D eigenvalue weighted by molar-refractivity contribution is 0.669. The van der Waals surface area contributed by atoms with Crippen LogP contribution < -0.4 is 4.90 Å². The fraction of sp³-hybridized carbons (Fsp3) is 0. The normalized spacial score (nSPS) is 11.6. The van der Waals surface area contributed by atoms with Crippen LogP contribution in [0, 0.1) is 0 Å². The average Bonchev–Trinajstić information content (AvgIpc) is 3.83. The van der Waals surface area contributed by atoms with Crippen molar-refractivity contribution in [1.82, 2.24) is 0 Å². The maximum absolute atomic E-state index is 6.58. The van der Waals surface area contributed by atoms with Crippen molar-refractivity contribution in [2.24, 2.45) is 0 Å². The fourth-order valence-electron chi connectivity index (χ4n) is 8.27. The van der Waals surface area contributed by atoms with Crippen LogP contribution in [-0.4, -0.2) is 0 Å². The van der Waals surface area contributed by atoms with E-state index in [-0.39, 0.29) is 0 Å². The van der Waals surface area contributed by atoms with Gasteiger partial charge in [0, 0.05) is 43.9 Å². The lowest BCUT2D eigenvalue weighted by atomic mass is 9.97. The summed E-state index contributed by atoms with van der Waals surface area (Å²) in [6.45, 7) is 0. The molecule has 0 spiro atoms. The van der Waals surface area contributed by atoms with Gasteiger partial charge in [-0.25, -0.2) is 0 Å². The van der Waals surface area contributed by atoms with E-state index in [0.717, 1.165) is 99.7 Å². The Hall–Kier alpha value is -7.36. The van der Waals surface area contributed by atoms with E-state index in [1.54, 1.807) is 0 Å². The Balaban J connectivity index is 1.06. The SMILES string of the molecule is c1ccc(-c2ccccc2N(c2ccc(-c3ccc4c(c3)oc3ccccc34)cc2)c2cccc(-c3cccc4oc5c6ccccc6ccc5c34)c2)cc1. The minimum Gasteiger partial charge on any atom is -0.456 e. The van der Waals surface area contributed by atoms with Gasteiger partial charge in [-0.1, -0.05) is 140 Å². The molecule has 11 rings (SSSR count). The molecule has 3 nitrogen and oxygen atoms in total. The summed E-state index contributed by atoms with van der Waals surface area (Å²) >= 11 is 0. The van der Waals surface area contributed by atoms with Gasteiger partial charge in [-0.05, 0) is 93.9 Å². The van der Waals surface area contributed by atoms with Crippen LogP contribution in [0.3, 0.4) is 0 Å². The molecule has 0 atom stereocenters. The topological polar surface area (TPSA) is 29.5 Å². The number of para-hydroxylation sites is 2. The van der Waals surface area contributed by atoms with Gasteiger partial charge in [-0.15, -0.1) is 0 Å². The lowest BCUT2D eigenvalue weighted by Gasteiger charge is -2.28. The highest BCUT2D eigenvalue weighted by Crippen LogP contribution is 2.44. The predicted molar refractivity (Wildman–Crippen MR) is 229 cm³/mol. The van der Waals surface area contributed by atoms with Crippen LogP contribution in [0.4, 0.5) is 17.1 Å². The summed E-state index contributed by atoms with van der Waals surface area (Å²) in [5.41, 5.74) is 13.7. The summed E-state index contributed by atoms with van der Waals surface area (Å²) in [5, 5.41) is 6.82. The smallest absolute Gasteiger partial charge is 0.143 e. The Labute approximate surface area is 317 Å². The molecule has 0 saturated carbocycles. The minimum absolute atomic E-state index is 0.886. The molecule has 0 N–H and O–H groups in total. The van der Waals surface area contributed by atoms with Crippen molar-refractivity contribution in [1.29, 1.82) is 0 Å². The molecule has 2 heterocycles. The number of nitrogens with zero attached hydrogens (tertiary/aromatic N) is 1. The molecule has 0 unspecified atom stereocenters. The number of hydrogen-bond donors (Lipinski definition) is 0. The molecular formula is C52H33NO2. The molecule has 3 heteroatoms. The largest absolute Gasteiger partial charge is 0.456 e. The molecule has 258 valence electrons. The molecule has 0 saturated heterocycles. The van der Waals surface area contributed by atoms with E-state index in [1.165, 1.54) is 5.39 Å². The molecule has 0 radical (unpaired) electrons. The molecule has 0 aliphatic heterocycles. The first kappa shape index (κ1) is 31.2. The van der Waals surface area contributed by atoms with Gasteiger partial charge < -0.3 is 13.7 Å². The number of rotatable bonds is 6. The van der Waals surface area contributed by atoms with Gasteiger partial charge in [0.25, 0.3) is 0 Å². The molecule has 0 fully saturated rings. The van der Waals surface area contributed by atoms with E-state index in [9.17, 15) is 0 Å². The number of anilines is 3. The van der Waals surface area contributed by atoms with E-state index < -0.39 is 0 Å². The first-order valence-corrected chi connectivity index (χ1v) is 18.7. The third-order valence-electron chi connectivity index (χ3n) is 10.9. The van der Waals surface area contributed by atoms with Gasteiger partial charge in [0.1, 0.15) is 22.3 Å².